The summed E-state index contributed by atoms with van der Waals surface area (Å²) in [5.74, 6) is 0.0865. The summed E-state index contributed by atoms with van der Waals surface area (Å²) in [6, 6.07) is 11.7. The summed E-state index contributed by atoms with van der Waals surface area (Å²) in [7, 11) is 0. The summed E-state index contributed by atoms with van der Waals surface area (Å²) < 4.78 is 5.16. The van der Waals surface area contributed by atoms with E-state index in [2.05, 4.69) is 0 Å². The van der Waals surface area contributed by atoms with Gasteiger partial charge in [-0.05, 0) is 42.7 Å². The summed E-state index contributed by atoms with van der Waals surface area (Å²) in [6.07, 6.45) is 0.306. The Labute approximate surface area is 134 Å². The van der Waals surface area contributed by atoms with Gasteiger partial charge in [-0.1, -0.05) is 24.3 Å². The van der Waals surface area contributed by atoms with Gasteiger partial charge in [0.05, 0.1) is 12.6 Å². The number of amides is 1. The molecule has 5 heteroatoms. The Balaban J connectivity index is 2.13. The Morgan fingerprint density at radius 1 is 1.22 bits per heavy atom. The fourth-order valence-corrected chi connectivity index (χ4v) is 3.07. The van der Waals surface area contributed by atoms with Crippen molar-refractivity contribution < 1.29 is 19.7 Å². The highest BCUT2D eigenvalue weighted by Crippen LogP contribution is 2.40. The van der Waals surface area contributed by atoms with E-state index < -0.39 is 12.1 Å². The zero-order chi connectivity index (χ0) is 16.4. The molecule has 1 aliphatic heterocycles. The number of hydrogen-bond donors (Lipinski definition) is 2. The molecule has 1 unspecified atom stereocenters. The normalized spacial score (nSPS) is 16.7. The van der Waals surface area contributed by atoms with Crippen LogP contribution < -0.4 is 0 Å². The highest BCUT2D eigenvalue weighted by Gasteiger charge is 2.34. The van der Waals surface area contributed by atoms with Gasteiger partial charge in [-0.3, -0.25) is 4.90 Å². The van der Waals surface area contributed by atoms with Crippen molar-refractivity contribution in [3.8, 4) is 11.5 Å². The number of carbonyl (C=O) groups is 1. The molecule has 0 saturated carbocycles. The number of phenols is 2. The third-order valence-corrected chi connectivity index (χ3v) is 4.09. The Kier molecular flexibility index (Phi) is 4.10. The van der Waals surface area contributed by atoms with Crippen LogP contribution in [-0.2, 0) is 11.2 Å². The number of carbonyl (C=O) groups excluding carboxylic acids is 1. The highest BCUT2D eigenvalue weighted by molar-refractivity contribution is 5.70. The number of nitrogens with zero attached hydrogens (tertiary/aromatic N) is 1. The molecule has 0 radical (unpaired) electrons. The van der Waals surface area contributed by atoms with Crippen LogP contribution in [-0.4, -0.2) is 34.4 Å². The molecule has 5 nitrogen and oxygen atoms in total. The lowest BCUT2D eigenvalue weighted by molar-refractivity contribution is 0.0933. The fraction of sp³-hybridized carbons (Fsp3) is 0.278. The van der Waals surface area contributed by atoms with Gasteiger partial charge in [-0.15, -0.1) is 0 Å². The SMILES string of the molecule is CCOC(=O)N1CCc2ccccc2C1c1cc(O)ccc1O. The maximum Gasteiger partial charge on any atom is 0.410 e. The van der Waals surface area contributed by atoms with Crippen molar-refractivity contribution in [1.82, 2.24) is 4.90 Å². The summed E-state index contributed by atoms with van der Waals surface area (Å²) >= 11 is 0. The molecule has 0 aromatic heterocycles. The maximum atomic E-state index is 12.3. The molecule has 2 N–H and O–H groups in total. The molecule has 0 fully saturated rings. The van der Waals surface area contributed by atoms with Crippen molar-refractivity contribution in [3.63, 3.8) is 0 Å². The quantitative estimate of drug-likeness (QED) is 0.835. The van der Waals surface area contributed by atoms with Crippen LogP contribution in [0.25, 0.3) is 0 Å². The van der Waals surface area contributed by atoms with Crippen molar-refractivity contribution in [3.05, 3.63) is 59.2 Å². The Bertz CT molecular complexity index is 729. The first kappa shape index (κ1) is 15.2. The number of fused-ring (bicyclic) bond motifs is 1. The molecule has 1 aliphatic rings. The van der Waals surface area contributed by atoms with Crippen LogP contribution in [0.4, 0.5) is 4.79 Å². The van der Waals surface area contributed by atoms with Crippen molar-refractivity contribution in [1.29, 1.82) is 0 Å². The van der Waals surface area contributed by atoms with Gasteiger partial charge in [0.1, 0.15) is 11.5 Å². The largest absolute Gasteiger partial charge is 0.508 e. The van der Waals surface area contributed by atoms with Crippen LogP contribution in [0.2, 0.25) is 0 Å². The minimum atomic E-state index is -0.480. The van der Waals surface area contributed by atoms with E-state index in [-0.39, 0.29) is 18.1 Å². The molecule has 0 aliphatic carbocycles. The number of ether oxygens (including phenoxy) is 1. The summed E-state index contributed by atoms with van der Waals surface area (Å²) in [4.78, 5) is 13.9. The molecule has 1 heterocycles. The van der Waals surface area contributed by atoms with Gasteiger partial charge < -0.3 is 14.9 Å². The van der Waals surface area contributed by atoms with Crippen molar-refractivity contribution in [2.45, 2.75) is 19.4 Å². The minimum Gasteiger partial charge on any atom is -0.508 e. The molecular weight excluding hydrogens is 294 g/mol. The van der Waals surface area contributed by atoms with Crippen molar-refractivity contribution in [2.24, 2.45) is 0 Å². The average Bonchev–Trinajstić information content (AvgIpc) is 2.56. The van der Waals surface area contributed by atoms with E-state index in [0.29, 0.717) is 12.1 Å². The molecule has 0 bridgehead atoms. The van der Waals surface area contributed by atoms with Crippen molar-refractivity contribution in [2.75, 3.05) is 13.2 Å². The second-order valence-electron chi connectivity index (χ2n) is 5.49. The first-order valence-electron chi connectivity index (χ1n) is 7.65. The second-order valence-corrected chi connectivity index (χ2v) is 5.49. The van der Waals surface area contributed by atoms with E-state index in [1.54, 1.807) is 11.8 Å². The predicted molar refractivity (Wildman–Crippen MR) is 85.5 cm³/mol. The molecule has 2 aromatic rings. The van der Waals surface area contributed by atoms with E-state index >= 15 is 0 Å². The van der Waals surface area contributed by atoms with Gasteiger partial charge in [0.25, 0.3) is 0 Å². The van der Waals surface area contributed by atoms with Gasteiger partial charge in [0.2, 0.25) is 0 Å². The Morgan fingerprint density at radius 3 is 2.78 bits per heavy atom. The monoisotopic (exact) mass is 313 g/mol. The number of rotatable bonds is 2. The zero-order valence-corrected chi connectivity index (χ0v) is 12.9. The van der Waals surface area contributed by atoms with Gasteiger partial charge in [0, 0.05) is 12.1 Å². The summed E-state index contributed by atoms with van der Waals surface area (Å²) in [5, 5.41) is 20.1. The molecule has 3 rings (SSSR count). The van der Waals surface area contributed by atoms with Crippen LogP contribution in [0.3, 0.4) is 0 Å². The molecule has 0 spiro atoms. The van der Waals surface area contributed by atoms with Gasteiger partial charge in [0.15, 0.2) is 0 Å². The van der Waals surface area contributed by atoms with Crippen LogP contribution in [0.5, 0.6) is 11.5 Å². The number of benzene rings is 2. The fourth-order valence-electron chi connectivity index (χ4n) is 3.07. The van der Waals surface area contributed by atoms with Crippen LogP contribution in [0.15, 0.2) is 42.5 Å². The second kappa shape index (κ2) is 6.20. The number of hydrogen-bond acceptors (Lipinski definition) is 4. The lowest BCUT2D eigenvalue weighted by Gasteiger charge is -2.37. The maximum absolute atomic E-state index is 12.3. The predicted octanol–water partition coefficient (Wildman–Crippen LogP) is 3.20. The number of aromatic hydroxyl groups is 2. The first-order chi connectivity index (χ1) is 11.1. The summed E-state index contributed by atoms with van der Waals surface area (Å²) in [5.41, 5.74) is 2.55. The smallest absolute Gasteiger partial charge is 0.410 e. The van der Waals surface area contributed by atoms with Gasteiger partial charge in [-0.2, -0.15) is 0 Å². The molecule has 0 saturated heterocycles. The average molecular weight is 313 g/mol. The summed E-state index contributed by atoms with van der Waals surface area (Å²) in [6.45, 7) is 2.54. The lowest BCUT2D eigenvalue weighted by Crippen LogP contribution is -2.41. The molecular formula is C18H19NO4. The third kappa shape index (κ3) is 2.82. The van der Waals surface area contributed by atoms with E-state index in [9.17, 15) is 15.0 Å². The molecule has 1 amide bonds. The molecule has 2 aromatic carbocycles. The molecule has 120 valence electrons. The number of phenolic OH excluding ortho intramolecular Hbond substituents is 2. The standard InChI is InChI=1S/C18H19NO4/c1-2-23-18(22)19-10-9-12-5-3-4-6-14(12)17(19)15-11-13(20)7-8-16(15)21/h3-8,11,17,20-21H,2,9-10H2,1H3. The lowest BCUT2D eigenvalue weighted by atomic mass is 9.88. The minimum absolute atomic E-state index is 0.0406. The van der Waals surface area contributed by atoms with Crippen LogP contribution in [0, 0.1) is 0 Å². The van der Waals surface area contributed by atoms with E-state index in [1.165, 1.54) is 18.2 Å². The highest BCUT2D eigenvalue weighted by atomic mass is 16.6. The van der Waals surface area contributed by atoms with Gasteiger partial charge in [-0.25, -0.2) is 4.79 Å². The van der Waals surface area contributed by atoms with Crippen molar-refractivity contribution >= 4 is 6.09 Å². The topological polar surface area (TPSA) is 70.0 Å². The van der Waals surface area contributed by atoms with E-state index in [0.717, 1.165) is 17.5 Å². The molecule has 23 heavy (non-hydrogen) atoms. The van der Waals surface area contributed by atoms with Gasteiger partial charge >= 0.3 is 6.09 Å². The third-order valence-electron chi connectivity index (χ3n) is 4.09. The first-order valence-corrected chi connectivity index (χ1v) is 7.65. The zero-order valence-electron chi connectivity index (χ0n) is 12.9. The van der Waals surface area contributed by atoms with E-state index in [4.69, 9.17) is 4.74 Å². The Morgan fingerprint density at radius 2 is 2.00 bits per heavy atom. The van der Waals surface area contributed by atoms with Crippen LogP contribution >= 0.6 is 0 Å². The van der Waals surface area contributed by atoms with E-state index in [1.807, 2.05) is 24.3 Å². The molecule has 1 atom stereocenters. The Hall–Kier alpha value is -2.69. The van der Waals surface area contributed by atoms with Crippen LogP contribution in [0.1, 0.15) is 29.7 Å².